The van der Waals surface area contributed by atoms with Crippen LogP contribution in [0.15, 0.2) is 30.3 Å². The number of nitrogens with two attached hydrogens (primary N) is 1. The number of ether oxygens (including phenoxy) is 2. The molecular weight excluding hydrogens is 202 g/mol. The molecule has 0 atom stereocenters. The molecule has 1 aromatic carbocycles. The minimum absolute atomic E-state index is 0.105. The third-order valence-corrected chi connectivity index (χ3v) is 3.27. The number of benzene rings is 1. The van der Waals surface area contributed by atoms with Gasteiger partial charge in [-0.2, -0.15) is 0 Å². The van der Waals surface area contributed by atoms with E-state index in [0.29, 0.717) is 13.2 Å². The Bertz CT molecular complexity index is 307. The summed E-state index contributed by atoms with van der Waals surface area (Å²) in [6, 6.07) is 9.90. The standard InChI is InChI=1S/C13H19NO2/c14-10-13(6-8-15-9-7-13)11-16-12-4-2-1-3-5-12/h1-5H,6-11,14H2. The molecule has 0 unspecified atom stereocenters. The van der Waals surface area contributed by atoms with Crippen LogP contribution in [0.4, 0.5) is 0 Å². The van der Waals surface area contributed by atoms with Gasteiger partial charge in [0.1, 0.15) is 5.75 Å². The van der Waals surface area contributed by atoms with Crippen LogP contribution in [0, 0.1) is 5.41 Å². The highest BCUT2D eigenvalue weighted by Gasteiger charge is 2.32. The summed E-state index contributed by atoms with van der Waals surface area (Å²) in [7, 11) is 0. The van der Waals surface area contributed by atoms with E-state index in [2.05, 4.69) is 0 Å². The maximum absolute atomic E-state index is 5.87. The second-order valence-corrected chi connectivity index (χ2v) is 4.42. The molecule has 0 aliphatic carbocycles. The predicted octanol–water partition coefficient (Wildman–Crippen LogP) is 1.82. The van der Waals surface area contributed by atoms with Crippen LogP contribution >= 0.6 is 0 Å². The van der Waals surface area contributed by atoms with Crippen molar-refractivity contribution in [1.29, 1.82) is 0 Å². The van der Waals surface area contributed by atoms with Crippen molar-refractivity contribution in [2.24, 2.45) is 11.1 Å². The second-order valence-electron chi connectivity index (χ2n) is 4.42. The van der Waals surface area contributed by atoms with E-state index in [1.165, 1.54) is 0 Å². The van der Waals surface area contributed by atoms with Crippen molar-refractivity contribution in [3.05, 3.63) is 30.3 Å². The first kappa shape index (κ1) is 11.4. The Morgan fingerprint density at radius 1 is 1.19 bits per heavy atom. The van der Waals surface area contributed by atoms with Crippen LogP contribution in [0.5, 0.6) is 5.75 Å². The largest absolute Gasteiger partial charge is 0.493 e. The molecule has 1 heterocycles. The van der Waals surface area contributed by atoms with Gasteiger partial charge < -0.3 is 15.2 Å². The number of para-hydroxylation sites is 1. The van der Waals surface area contributed by atoms with Gasteiger partial charge in [0.2, 0.25) is 0 Å². The summed E-state index contributed by atoms with van der Waals surface area (Å²) in [5.74, 6) is 0.918. The Balaban J connectivity index is 1.92. The van der Waals surface area contributed by atoms with E-state index in [9.17, 15) is 0 Å². The molecule has 1 saturated heterocycles. The molecule has 0 amide bonds. The zero-order chi connectivity index (χ0) is 11.3. The van der Waals surface area contributed by atoms with Crippen LogP contribution in [0.1, 0.15) is 12.8 Å². The van der Waals surface area contributed by atoms with E-state index in [1.807, 2.05) is 30.3 Å². The maximum atomic E-state index is 5.87. The summed E-state index contributed by atoms with van der Waals surface area (Å²) in [6.45, 7) is 2.96. The van der Waals surface area contributed by atoms with Crippen molar-refractivity contribution < 1.29 is 9.47 Å². The lowest BCUT2D eigenvalue weighted by Crippen LogP contribution is -2.41. The highest BCUT2D eigenvalue weighted by atomic mass is 16.5. The summed E-state index contributed by atoms with van der Waals surface area (Å²) in [4.78, 5) is 0. The van der Waals surface area contributed by atoms with Gasteiger partial charge in [-0.25, -0.2) is 0 Å². The molecule has 2 N–H and O–H groups in total. The van der Waals surface area contributed by atoms with E-state index in [-0.39, 0.29) is 5.41 Å². The van der Waals surface area contributed by atoms with E-state index >= 15 is 0 Å². The van der Waals surface area contributed by atoms with Gasteiger partial charge in [0.05, 0.1) is 6.61 Å². The molecule has 1 aliphatic heterocycles. The van der Waals surface area contributed by atoms with Gasteiger partial charge in [-0.05, 0) is 25.0 Å². The average molecular weight is 221 g/mol. The number of rotatable bonds is 4. The van der Waals surface area contributed by atoms with E-state index in [0.717, 1.165) is 31.8 Å². The zero-order valence-electron chi connectivity index (χ0n) is 9.52. The molecule has 0 spiro atoms. The minimum atomic E-state index is 0.105. The summed E-state index contributed by atoms with van der Waals surface area (Å²) >= 11 is 0. The van der Waals surface area contributed by atoms with Gasteiger partial charge in [-0.1, -0.05) is 18.2 Å². The van der Waals surface area contributed by atoms with Gasteiger partial charge in [0.25, 0.3) is 0 Å². The van der Waals surface area contributed by atoms with Crippen molar-refractivity contribution in [2.75, 3.05) is 26.4 Å². The molecule has 3 heteroatoms. The quantitative estimate of drug-likeness (QED) is 0.843. The Morgan fingerprint density at radius 3 is 2.50 bits per heavy atom. The molecule has 0 radical (unpaired) electrons. The number of hydrogen-bond acceptors (Lipinski definition) is 3. The van der Waals surface area contributed by atoms with Crippen LogP contribution in [0.25, 0.3) is 0 Å². The monoisotopic (exact) mass is 221 g/mol. The SMILES string of the molecule is NCC1(COc2ccccc2)CCOCC1. The summed E-state index contributed by atoms with van der Waals surface area (Å²) in [5, 5.41) is 0. The lowest BCUT2D eigenvalue weighted by molar-refractivity contribution is -0.00499. The first-order chi connectivity index (χ1) is 7.85. The third-order valence-electron chi connectivity index (χ3n) is 3.27. The van der Waals surface area contributed by atoms with Gasteiger partial charge in [0, 0.05) is 25.2 Å². The second kappa shape index (κ2) is 5.32. The Hall–Kier alpha value is -1.06. The van der Waals surface area contributed by atoms with Gasteiger partial charge in [0.15, 0.2) is 0 Å². The normalized spacial score (nSPS) is 19.3. The van der Waals surface area contributed by atoms with Crippen LogP contribution in [-0.4, -0.2) is 26.4 Å². The third kappa shape index (κ3) is 2.74. The lowest BCUT2D eigenvalue weighted by Gasteiger charge is -2.35. The van der Waals surface area contributed by atoms with Crippen molar-refractivity contribution in [2.45, 2.75) is 12.8 Å². The number of hydrogen-bond donors (Lipinski definition) is 1. The fourth-order valence-corrected chi connectivity index (χ4v) is 1.96. The Labute approximate surface area is 96.5 Å². The highest BCUT2D eigenvalue weighted by molar-refractivity contribution is 5.21. The molecule has 1 aliphatic rings. The smallest absolute Gasteiger partial charge is 0.119 e. The van der Waals surface area contributed by atoms with Crippen LogP contribution in [0.2, 0.25) is 0 Å². The molecule has 0 saturated carbocycles. The predicted molar refractivity (Wildman–Crippen MR) is 63.5 cm³/mol. The van der Waals surface area contributed by atoms with Crippen LogP contribution in [0.3, 0.4) is 0 Å². The maximum Gasteiger partial charge on any atom is 0.119 e. The highest BCUT2D eigenvalue weighted by Crippen LogP contribution is 2.30. The lowest BCUT2D eigenvalue weighted by atomic mass is 9.81. The van der Waals surface area contributed by atoms with Gasteiger partial charge in [-0.3, -0.25) is 0 Å². The fourth-order valence-electron chi connectivity index (χ4n) is 1.96. The summed E-state index contributed by atoms with van der Waals surface area (Å²) in [5.41, 5.74) is 5.97. The van der Waals surface area contributed by atoms with Crippen LogP contribution in [-0.2, 0) is 4.74 Å². The fraction of sp³-hybridized carbons (Fsp3) is 0.538. The molecule has 0 aromatic heterocycles. The topological polar surface area (TPSA) is 44.5 Å². The average Bonchev–Trinajstić information content (AvgIpc) is 2.39. The van der Waals surface area contributed by atoms with E-state index < -0.39 is 0 Å². The van der Waals surface area contributed by atoms with E-state index in [1.54, 1.807) is 0 Å². The van der Waals surface area contributed by atoms with Crippen molar-refractivity contribution in [3.63, 3.8) is 0 Å². The Kier molecular flexibility index (Phi) is 3.80. The summed E-state index contributed by atoms with van der Waals surface area (Å²) in [6.07, 6.45) is 1.99. The molecule has 1 fully saturated rings. The molecule has 16 heavy (non-hydrogen) atoms. The first-order valence-corrected chi connectivity index (χ1v) is 5.80. The van der Waals surface area contributed by atoms with Crippen molar-refractivity contribution >= 4 is 0 Å². The molecule has 0 bridgehead atoms. The van der Waals surface area contributed by atoms with Gasteiger partial charge >= 0.3 is 0 Å². The molecular formula is C13H19NO2. The molecule has 88 valence electrons. The van der Waals surface area contributed by atoms with Gasteiger partial charge in [-0.15, -0.1) is 0 Å². The Morgan fingerprint density at radius 2 is 1.88 bits per heavy atom. The molecule has 3 nitrogen and oxygen atoms in total. The zero-order valence-corrected chi connectivity index (χ0v) is 9.52. The van der Waals surface area contributed by atoms with E-state index in [4.69, 9.17) is 15.2 Å². The molecule has 1 aromatic rings. The first-order valence-electron chi connectivity index (χ1n) is 5.80. The molecule has 2 rings (SSSR count). The van der Waals surface area contributed by atoms with Crippen LogP contribution < -0.4 is 10.5 Å². The minimum Gasteiger partial charge on any atom is -0.493 e. The van der Waals surface area contributed by atoms with Crippen molar-refractivity contribution in [3.8, 4) is 5.75 Å². The van der Waals surface area contributed by atoms with Crippen molar-refractivity contribution in [1.82, 2.24) is 0 Å². The summed E-state index contributed by atoms with van der Waals surface area (Å²) < 4.78 is 11.2.